The number of rotatable bonds is 5. The lowest BCUT2D eigenvalue weighted by atomic mass is 9.92. The van der Waals surface area contributed by atoms with Crippen LogP contribution in [0.15, 0.2) is 54.6 Å². The van der Waals surface area contributed by atoms with Gasteiger partial charge in [0.1, 0.15) is 5.54 Å². The Balaban J connectivity index is 2.21. The molecular weight excluding hydrogens is 250 g/mol. The van der Waals surface area contributed by atoms with Gasteiger partial charge in [0.2, 0.25) is 0 Å². The van der Waals surface area contributed by atoms with Crippen molar-refractivity contribution in [3.8, 4) is 0 Å². The average molecular weight is 269 g/mol. The number of hydrogen-bond acceptors (Lipinski definition) is 2. The van der Waals surface area contributed by atoms with Crippen molar-refractivity contribution in [1.82, 2.24) is 0 Å². The topological polar surface area (TPSA) is 49.3 Å². The maximum Gasteiger partial charge on any atom is 0.329 e. The summed E-state index contributed by atoms with van der Waals surface area (Å²) in [5.74, 6) is -0.859. The number of nitrogens with one attached hydrogen (secondary N) is 1. The fourth-order valence-electron chi connectivity index (χ4n) is 2.13. The summed E-state index contributed by atoms with van der Waals surface area (Å²) < 4.78 is 0. The number of hydrogen-bond donors (Lipinski definition) is 2. The molecule has 2 aromatic rings. The molecule has 20 heavy (non-hydrogen) atoms. The van der Waals surface area contributed by atoms with Crippen molar-refractivity contribution >= 4 is 11.7 Å². The summed E-state index contributed by atoms with van der Waals surface area (Å²) in [5, 5.41) is 12.7. The largest absolute Gasteiger partial charge is 0.480 e. The molecule has 2 aromatic carbocycles. The minimum absolute atomic E-state index is 0.428. The van der Waals surface area contributed by atoms with Gasteiger partial charge >= 0.3 is 5.97 Å². The maximum absolute atomic E-state index is 11.6. The molecule has 0 saturated heterocycles. The summed E-state index contributed by atoms with van der Waals surface area (Å²) in [6, 6.07) is 17.4. The lowest BCUT2D eigenvalue weighted by molar-refractivity contribution is -0.141. The van der Waals surface area contributed by atoms with Crippen LogP contribution in [0.2, 0.25) is 0 Å². The number of carboxylic acids is 1. The number of anilines is 1. The van der Waals surface area contributed by atoms with Crippen LogP contribution in [-0.4, -0.2) is 16.6 Å². The van der Waals surface area contributed by atoms with E-state index in [9.17, 15) is 9.90 Å². The number of aliphatic carboxylic acids is 1. The van der Waals surface area contributed by atoms with Crippen LogP contribution in [0.4, 0.5) is 5.69 Å². The van der Waals surface area contributed by atoms with Crippen LogP contribution in [0.5, 0.6) is 0 Å². The zero-order valence-corrected chi connectivity index (χ0v) is 11.8. The van der Waals surface area contributed by atoms with Crippen LogP contribution in [0.3, 0.4) is 0 Å². The Bertz CT molecular complexity index is 578. The highest BCUT2D eigenvalue weighted by atomic mass is 16.4. The third-order valence-corrected chi connectivity index (χ3v) is 3.34. The van der Waals surface area contributed by atoms with Crippen LogP contribution >= 0.6 is 0 Å². The van der Waals surface area contributed by atoms with Crippen molar-refractivity contribution < 1.29 is 9.90 Å². The van der Waals surface area contributed by atoms with E-state index in [1.54, 1.807) is 6.92 Å². The predicted molar refractivity (Wildman–Crippen MR) is 81.0 cm³/mol. The third-order valence-electron chi connectivity index (χ3n) is 3.34. The number of para-hydroxylation sites is 1. The van der Waals surface area contributed by atoms with E-state index < -0.39 is 11.5 Å². The molecule has 0 aliphatic heterocycles. The number of aryl methyl sites for hydroxylation is 1. The van der Waals surface area contributed by atoms with Gasteiger partial charge in [-0.05, 0) is 31.5 Å². The fourth-order valence-corrected chi connectivity index (χ4v) is 2.13. The summed E-state index contributed by atoms with van der Waals surface area (Å²) in [6.07, 6.45) is 0.428. The number of carboxylic acid groups (broad SMARTS) is 1. The highest BCUT2D eigenvalue weighted by Crippen LogP contribution is 2.20. The van der Waals surface area contributed by atoms with Gasteiger partial charge in [-0.15, -0.1) is 0 Å². The van der Waals surface area contributed by atoms with Gasteiger partial charge in [0.15, 0.2) is 0 Å². The molecular formula is C17H19NO2. The molecule has 104 valence electrons. The number of carbonyl (C=O) groups is 1. The standard InChI is InChI=1S/C17H19NO2/c1-13-8-10-14(11-9-13)12-17(2,16(19)20)18-15-6-4-3-5-7-15/h3-11,18H,12H2,1-2H3,(H,19,20)/t17-/m0/s1. The zero-order chi connectivity index (χ0) is 14.6. The van der Waals surface area contributed by atoms with E-state index in [0.29, 0.717) is 6.42 Å². The summed E-state index contributed by atoms with van der Waals surface area (Å²) in [4.78, 5) is 11.6. The molecule has 0 heterocycles. The van der Waals surface area contributed by atoms with Gasteiger partial charge in [-0.1, -0.05) is 48.0 Å². The summed E-state index contributed by atoms with van der Waals surface area (Å²) >= 11 is 0. The maximum atomic E-state index is 11.6. The predicted octanol–water partition coefficient (Wildman–Crippen LogP) is 3.49. The van der Waals surface area contributed by atoms with E-state index in [0.717, 1.165) is 11.3 Å². The fraction of sp³-hybridized carbons (Fsp3) is 0.235. The normalized spacial score (nSPS) is 13.5. The second kappa shape index (κ2) is 5.78. The Morgan fingerprint density at radius 2 is 1.70 bits per heavy atom. The SMILES string of the molecule is Cc1ccc(C[C@](C)(Nc2ccccc2)C(=O)O)cc1. The van der Waals surface area contributed by atoms with E-state index in [2.05, 4.69) is 5.32 Å². The van der Waals surface area contributed by atoms with Gasteiger partial charge in [-0.2, -0.15) is 0 Å². The van der Waals surface area contributed by atoms with Crippen molar-refractivity contribution in [2.75, 3.05) is 5.32 Å². The molecule has 0 aliphatic rings. The van der Waals surface area contributed by atoms with E-state index in [1.165, 1.54) is 5.56 Å². The highest BCUT2D eigenvalue weighted by Gasteiger charge is 2.33. The lowest BCUT2D eigenvalue weighted by Gasteiger charge is -2.27. The van der Waals surface area contributed by atoms with E-state index in [4.69, 9.17) is 0 Å². The van der Waals surface area contributed by atoms with Gasteiger partial charge in [-0.3, -0.25) is 0 Å². The molecule has 0 aromatic heterocycles. The first-order valence-electron chi connectivity index (χ1n) is 6.62. The second-order valence-corrected chi connectivity index (χ2v) is 5.29. The molecule has 0 unspecified atom stereocenters. The van der Waals surface area contributed by atoms with Crippen molar-refractivity contribution in [2.45, 2.75) is 25.8 Å². The van der Waals surface area contributed by atoms with Crippen LogP contribution in [0, 0.1) is 6.92 Å². The Labute approximate surface area is 119 Å². The first kappa shape index (κ1) is 14.1. The smallest absolute Gasteiger partial charge is 0.329 e. The molecule has 0 radical (unpaired) electrons. The molecule has 0 spiro atoms. The molecule has 2 N–H and O–H groups in total. The highest BCUT2D eigenvalue weighted by molar-refractivity contribution is 5.82. The van der Waals surface area contributed by atoms with Gasteiger partial charge in [0.25, 0.3) is 0 Å². The summed E-state index contributed by atoms with van der Waals surface area (Å²) in [5.41, 5.74) is 1.95. The summed E-state index contributed by atoms with van der Waals surface area (Å²) in [7, 11) is 0. The minimum Gasteiger partial charge on any atom is -0.480 e. The average Bonchev–Trinajstić information content (AvgIpc) is 2.42. The molecule has 3 heteroatoms. The van der Waals surface area contributed by atoms with Crippen molar-refractivity contribution in [1.29, 1.82) is 0 Å². The third kappa shape index (κ3) is 3.38. The first-order chi connectivity index (χ1) is 9.49. The molecule has 1 atom stereocenters. The molecule has 0 aliphatic carbocycles. The monoisotopic (exact) mass is 269 g/mol. The Morgan fingerprint density at radius 3 is 2.25 bits per heavy atom. The molecule has 3 nitrogen and oxygen atoms in total. The van der Waals surface area contributed by atoms with Gasteiger partial charge in [0.05, 0.1) is 0 Å². The minimum atomic E-state index is -1.03. The van der Waals surface area contributed by atoms with E-state index >= 15 is 0 Å². The van der Waals surface area contributed by atoms with Crippen LogP contribution in [0.1, 0.15) is 18.1 Å². The molecule has 0 bridgehead atoms. The Kier molecular flexibility index (Phi) is 4.08. The second-order valence-electron chi connectivity index (χ2n) is 5.29. The molecule has 0 saturated carbocycles. The van der Waals surface area contributed by atoms with Crippen molar-refractivity contribution in [3.63, 3.8) is 0 Å². The van der Waals surface area contributed by atoms with E-state index in [1.807, 2.05) is 61.5 Å². The van der Waals surface area contributed by atoms with Gasteiger partial charge in [0, 0.05) is 12.1 Å². The van der Waals surface area contributed by atoms with E-state index in [-0.39, 0.29) is 0 Å². The lowest BCUT2D eigenvalue weighted by Crippen LogP contribution is -2.45. The zero-order valence-electron chi connectivity index (χ0n) is 11.8. The molecule has 2 rings (SSSR count). The number of benzene rings is 2. The molecule has 0 amide bonds. The van der Waals surface area contributed by atoms with Crippen LogP contribution < -0.4 is 5.32 Å². The first-order valence-corrected chi connectivity index (χ1v) is 6.62. The van der Waals surface area contributed by atoms with Gasteiger partial charge in [-0.25, -0.2) is 4.79 Å². The Morgan fingerprint density at radius 1 is 1.10 bits per heavy atom. The van der Waals surface area contributed by atoms with Crippen molar-refractivity contribution in [2.24, 2.45) is 0 Å². The Hall–Kier alpha value is -2.29. The van der Waals surface area contributed by atoms with Crippen LogP contribution in [-0.2, 0) is 11.2 Å². The summed E-state index contributed by atoms with van der Waals surface area (Å²) in [6.45, 7) is 3.73. The molecule has 0 fully saturated rings. The van der Waals surface area contributed by atoms with Crippen LogP contribution in [0.25, 0.3) is 0 Å². The quantitative estimate of drug-likeness (QED) is 0.873. The van der Waals surface area contributed by atoms with Gasteiger partial charge < -0.3 is 10.4 Å². The van der Waals surface area contributed by atoms with Crippen molar-refractivity contribution in [3.05, 3.63) is 65.7 Å².